The minimum Gasteiger partial charge on any atom is -0.508 e. The van der Waals surface area contributed by atoms with E-state index in [9.17, 15) is 20.1 Å². The Hall–Kier alpha value is -3.51. The summed E-state index contributed by atoms with van der Waals surface area (Å²) in [5.41, 5.74) is -0.430. The standard InChI is InChI=1S/C28H30O6/c1-2-3-4-5-6-9-16-33-27(31)21-10-7-8-11-22(21)28(32)23-14-12-19(29)17-25(23)34-26-18-20(30)13-15-24(26)28/h7-8,10-15,17-18,29-30,32H,2-6,9,16H2,1H3. The largest absolute Gasteiger partial charge is 0.508 e. The topological polar surface area (TPSA) is 96.2 Å². The Morgan fingerprint density at radius 3 is 2.06 bits per heavy atom. The van der Waals surface area contributed by atoms with Crippen LogP contribution in [0.4, 0.5) is 0 Å². The van der Waals surface area contributed by atoms with Crippen molar-refractivity contribution in [3.05, 3.63) is 82.9 Å². The molecule has 0 bridgehead atoms. The summed E-state index contributed by atoms with van der Waals surface area (Å²) in [5.74, 6) is -0.107. The van der Waals surface area contributed by atoms with Gasteiger partial charge in [0.25, 0.3) is 0 Å². The summed E-state index contributed by atoms with van der Waals surface area (Å²) in [7, 11) is 0. The third kappa shape index (κ3) is 4.59. The molecule has 0 fully saturated rings. The zero-order valence-corrected chi connectivity index (χ0v) is 19.3. The lowest BCUT2D eigenvalue weighted by molar-refractivity contribution is 0.0481. The Morgan fingerprint density at radius 2 is 1.41 bits per heavy atom. The van der Waals surface area contributed by atoms with Gasteiger partial charge in [-0.05, 0) is 36.8 Å². The quantitative estimate of drug-likeness (QED) is 0.266. The molecular weight excluding hydrogens is 432 g/mol. The first-order valence-electron chi connectivity index (χ1n) is 11.8. The molecule has 6 nitrogen and oxygen atoms in total. The second kappa shape index (κ2) is 10.2. The Kier molecular flexibility index (Phi) is 7.08. The first kappa shape index (κ1) is 23.6. The number of hydrogen-bond donors (Lipinski definition) is 3. The number of hydrogen-bond acceptors (Lipinski definition) is 6. The van der Waals surface area contributed by atoms with Gasteiger partial charge in [-0.15, -0.1) is 0 Å². The monoisotopic (exact) mass is 462 g/mol. The molecular formula is C28H30O6. The second-order valence-electron chi connectivity index (χ2n) is 8.62. The molecule has 0 unspecified atom stereocenters. The molecule has 34 heavy (non-hydrogen) atoms. The van der Waals surface area contributed by atoms with Crippen LogP contribution >= 0.6 is 0 Å². The van der Waals surface area contributed by atoms with Crippen LogP contribution in [0, 0.1) is 0 Å². The van der Waals surface area contributed by atoms with Crippen molar-refractivity contribution >= 4 is 5.97 Å². The van der Waals surface area contributed by atoms with Gasteiger partial charge in [0.05, 0.1) is 12.2 Å². The molecule has 0 aliphatic carbocycles. The number of phenolic OH excluding ortho intramolecular Hbond substituents is 2. The fourth-order valence-corrected chi connectivity index (χ4v) is 4.44. The molecule has 6 heteroatoms. The number of ether oxygens (including phenoxy) is 2. The Balaban J connectivity index is 1.67. The summed E-state index contributed by atoms with van der Waals surface area (Å²) in [6.45, 7) is 2.49. The van der Waals surface area contributed by atoms with Gasteiger partial charge in [0.1, 0.15) is 28.6 Å². The van der Waals surface area contributed by atoms with Crippen LogP contribution in [0.25, 0.3) is 0 Å². The molecule has 3 aromatic carbocycles. The maximum atomic E-state index is 13.1. The molecule has 1 aliphatic rings. The van der Waals surface area contributed by atoms with Crippen LogP contribution in [-0.4, -0.2) is 27.9 Å². The lowest BCUT2D eigenvalue weighted by Gasteiger charge is -2.37. The molecule has 1 heterocycles. The van der Waals surface area contributed by atoms with E-state index in [1.54, 1.807) is 36.4 Å². The molecule has 0 spiro atoms. The van der Waals surface area contributed by atoms with Crippen molar-refractivity contribution in [3.8, 4) is 23.0 Å². The minimum absolute atomic E-state index is 0.0312. The van der Waals surface area contributed by atoms with Crippen LogP contribution in [-0.2, 0) is 10.3 Å². The second-order valence-corrected chi connectivity index (χ2v) is 8.62. The Labute approximate surface area is 199 Å². The predicted molar refractivity (Wildman–Crippen MR) is 128 cm³/mol. The van der Waals surface area contributed by atoms with Gasteiger partial charge in [0.15, 0.2) is 0 Å². The van der Waals surface area contributed by atoms with Gasteiger partial charge in [0.2, 0.25) is 0 Å². The summed E-state index contributed by atoms with van der Waals surface area (Å²) in [6, 6.07) is 15.6. The van der Waals surface area contributed by atoms with Crippen molar-refractivity contribution in [3.63, 3.8) is 0 Å². The zero-order valence-electron chi connectivity index (χ0n) is 19.3. The maximum Gasteiger partial charge on any atom is 0.338 e. The zero-order chi connectivity index (χ0) is 24.1. The van der Waals surface area contributed by atoms with Crippen LogP contribution in [0.3, 0.4) is 0 Å². The van der Waals surface area contributed by atoms with Gasteiger partial charge < -0.3 is 24.8 Å². The number of rotatable bonds is 9. The molecule has 3 N–H and O–H groups in total. The molecule has 0 atom stereocenters. The van der Waals surface area contributed by atoms with Gasteiger partial charge in [-0.2, -0.15) is 0 Å². The van der Waals surface area contributed by atoms with E-state index in [0.29, 0.717) is 23.3 Å². The van der Waals surface area contributed by atoms with Gasteiger partial charge in [-0.25, -0.2) is 4.79 Å². The van der Waals surface area contributed by atoms with E-state index in [2.05, 4.69) is 6.92 Å². The highest BCUT2D eigenvalue weighted by Crippen LogP contribution is 2.52. The molecule has 0 amide bonds. The highest BCUT2D eigenvalue weighted by molar-refractivity contribution is 5.92. The number of carbonyl (C=O) groups excluding carboxylic acids is 1. The number of aliphatic hydroxyl groups is 1. The van der Waals surface area contributed by atoms with Crippen molar-refractivity contribution < 1.29 is 29.6 Å². The van der Waals surface area contributed by atoms with Crippen LogP contribution in [0.5, 0.6) is 23.0 Å². The van der Waals surface area contributed by atoms with Crippen LogP contribution < -0.4 is 4.74 Å². The highest BCUT2D eigenvalue weighted by atomic mass is 16.5. The molecule has 0 saturated heterocycles. The van der Waals surface area contributed by atoms with Crippen LogP contribution in [0.1, 0.15) is 72.5 Å². The number of phenols is 2. The fourth-order valence-electron chi connectivity index (χ4n) is 4.44. The average molecular weight is 463 g/mol. The van der Waals surface area contributed by atoms with E-state index >= 15 is 0 Å². The smallest absolute Gasteiger partial charge is 0.338 e. The van der Waals surface area contributed by atoms with E-state index in [4.69, 9.17) is 9.47 Å². The number of esters is 1. The third-order valence-corrected chi connectivity index (χ3v) is 6.20. The summed E-state index contributed by atoms with van der Waals surface area (Å²) in [6.07, 6.45) is 6.50. The van der Waals surface area contributed by atoms with Crippen molar-refractivity contribution in [2.45, 2.75) is 51.0 Å². The number of carbonyl (C=O) groups is 1. The van der Waals surface area contributed by atoms with Crippen LogP contribution in [0.15, 0.2) is 60.7 Å². The third-order valence-electron chi connectivity index (χ3n) is 6.20. The summed E-state index contributed by atoms with van der Waals surface area (Å²) in [4.78, 5) is 13.1. The van der Waals surface area contributed by atoms with E-state index < -0.39 is 11.6 Å². The Morgan fingerprint density at radius 1 is 0.824 bits per heavy atom. The molecule has 3 aromatic rings. The fraction of sp³-hybridized carbons (Fsp3) is 0.321. The molecule has 1 aliphatic heterocycles. The Bertz CT molecular complexity index is 1120. The number of unbranched alkanes of at least 4 members (excludes halogenated alkanes) is 5. The van der Waals surface area contributed by atoms with Gasteiger partial charge >= 0.3 is 5.97 Å². The lowest BCUT2D eigenvalue weighted by Crippen LogP contribution is -2.34. The first-order chi connectivity index (χ1) is 16.4. The number of aromatic hydroxyl groups is 2. The molecule has 0 aromatic heterocycles. The van der Waals surface area contributed by atoms with Crippen molar-refractivity contribution in [2.75, 3.05) is 6.61 Å². The van der Waals surface area contributed by atoms with Crippen LogP contribution in [0.2, 0.25) is 0 Å². The molecule has 4 rings (SSSR count). The van der Waals surface area contributed by atoms with E-state index in [1.165, 1.54) is 43.5 Å². The summed E-state index contributed by atoms with van der Waals surface area (Å²) < 4.78 is 11.4. The van der Waals surface area contributed by atoms with E-state index in [0.717, 1.165) is 19.3 Å². The highest BCUT2D eigenvalue weighted by Gasteiger charge is 2.44. The normalized spacial score (nSPS) is 13.5. The van der Waals surface area contributed by atoms with Crippen molar-refractivity contribution in [1.82, 2.24) is 0 Å². The van der Waals surface area contributed by atoms with E-state index in [-0.39, 0.29) is 28.6 Å². The number of benzene rings is 3. The SMILES string of the molecule is CCCCCCCCOC(=O)c1ccccc1C1(O)c2ccc(O)cc2Oc2cc(O)ccc21. The predicted octanol–water partition coefficient (Wildman–Crippen LogP) is 6.01. The maximum absolute atomic E-state index is 13.1. The average Bonchev–Trinajstić information content (AvgIpc) is 2.83. The van der Waals surface area contributed by atoms with Crippen molar-refractivity contribution in [2.24, 2.45) is 0 Å². The van der Waals surface area contributed by atoms with Gasteiger partial charge in [0, 0.05) is 28.8 Å². The lowest BCUT2D eigenvalue weighted by atomic mass is 9.76. The van der Waals surface area contributed by atoms with Gasteiger partial charge in [-0.1, -0.05) is 57.2 Å². The minimum atomic E-state index is -1.76. The van der Waals surface area contributed by atoms with Crippen molar-refractivity contribution in [1.29, 1.82) is 0 Å². The number of fused-ring (bicyclic) bond motifs is 2. The summed E-state index contributed by atoms with van der Waals surface area (Å²) >= 11 is 0. The summed E-state index contributed by atoms with van der Waals surface area (Å²) in [5, 5.41) is 32.2. The molecule has 0 saturated carbocycles. The van der Waals surface area contributed by atoms with E-state index in [1.807, 2.05) is 0 Å². The van der Waals surface area contributed by atoms with Gasteiger partial charge in [-0.3, -0.25) is 0 Å². The molecule has 0 radical (unpaired) electrons. The first-order valence-corrected chi connectivity index (χ1v) is 11.8. The molecule has 178 valence electrons.